The first-order valence-electron chi connectivity index (χ1n) is 7.22. The minimum absolute atomic E-state index is 0.203. The summed E-state index contributed by atoms with van der Waals surface area (Å²) in [4.78, 5) is 16.1. The van der Waals surface area contributed by atoms with Crippen LogP contribution < -0.4 is 10.1 Å². The van der Waals surface area contributed by atoms with Crippen molar-refractivity contribution in [3.05, 3.63) is 47.4 Å². The van der Waals surface area contributed by atoms with Crippen LogP contribution in [0, 0.1) is 5.82 Å². The summed E-state index contributed by atoms with van der Waals surface area (Å²) in [6.07, 6.45) is 1.82. The second-order valence-corrected chi connectivity index (χ2v) is 4.80. The number of ether oxygens (including phenoxy) is 1. The lowest BCUT2D eigenvalue weighted by Gasteiger charge is -2.15. The molecule has 1 aromatic heterocycles. The monoisotopic (exact) mass is 306 g/mol. The molecule has 1 atom stereocenters. The van der Waals surface area contributed by atoms with Gasteiger partial charge in [0.2, 0.25) is 0 Å². The molecule has 1 unspecified atom stereocenters. The van der Waals surface area contributed by atoms with E-state index in [0.717, 1.165) is 0 Å². The smallest absolute Gasteiger partial charge is 0.274 e. The van der Waals surface area contributed by atoms with Crippen molar-refractivity contribution in [2.45, 2.75) is 33.2 Å². The Kier molecular flexibility index (Phi) is 5.14. The molecule has 6 heteroatoms. The molecule has 1 heterocycles. The number of amides is 1. The number of nitrogens with zero attached hydrogens (tertiary/aromatic N) is 1. The van der Waals surface area contributed by atoms with Gasteiger partial charge in [-0.1, -0.05) is 13.0 Å². The third-order valence-corrected chi connectivity index (χ3v) is 3.28. The summed E-state index contributed by atoms with van der Waals surface area (Å²) in [5.41, 5.74) is 0.914. The molecule has 0 saturated heterocycles. The summed E-state index contributed by atoms with van der Waals surface area (Å²) in [6.45, 7) is 5.84. The maximum atomic E-state index is 13.9. The van der Waals surface area contributed by atoms with Crippen molar-refractivity contribution < 1.29 is 18.3 Å². The van der Waals surface area contributed by atoms with Crippen molar-refractivity contribution in [1.82, 2.24) is 10.3 Å². The summed E-state index contributed by atoms with van der Waals surface area (Å²) < 4.78 is 24.2. The van der Waals surface area contributed by atoms with Gasteiger partial charge < -0.3 is 14.5 Å². The lowest BCUT2D eigenvalue weighted by molar-refractivity contribution is 0.0933. The van der Waals surface area contributed by atoms with Gasteiger partial charge >= 0.3 is 0 Å². The summed E-state index contributed by atoms with van der Waals surface area (Å²) in [5.74, 6) is -0.0550. The Morgan fingerprint density at radius 3 is 2.86 bits per heavy atom. The Morgan fingerprint density at radius 1 is 1.45 bits per heavy atom. The molecule has 0 fully saturated rings. The predicted octanol–water partition coefficient (Wildman–Crippen LogP) is 3.27. The Balaban J connectivity index is 2.10. The topological polar surface area (TPSA) is 64.4 Å². The lowest BCUT2D eigenvalue weighted by atomic mass is 10.1. The summed E-state index contributed by atoms with van der Waals surface area (Å²) in [7, 11) is 0. The fraction of sp³-hybridized carbons (Fsp3) is 0.375. The number of nitrogens with one attached hydrogen (secondary N) is 1. The molecule has 1 aromatic carbocycles. The highest BCUT2D eigenvalue weighted by Crippen LogP contribution is 2.22. The van der Waals surface area contributed by atoms with Gasteiger partial charge in [-0.25, -0.2) is 9.37 Å². The molecule has 118 valence electrons. The molecule has 0 spiro atoms. The first-order chi connectivity index (χ1) is 10.6. The third kappa shape index (κ3) is 3.44. The van der Waals surface area contributed by atoms with Crippen LogP contribution >= 0.6 is 0 Å². The molecular weight excluding hydrogens is 287 g/mol. The average Bonchev–Trinajstić information content (AvgIpc) is 2.98. The maximum absolute atomic E-state index is 13.9. The highest BCUT2D eigenvalue weighted by molar-refractivity contribution is 5.93. The van der Waals surface area contributed by atoms with E-state index < -0.39 is 5.82 Å². The highest BCUT2D eigenvalue weighted by Gasteiger charge is 2.18. The van der Waals surface area contributed by atoms with E-state index >= 15 is 0 Å². The molecule has 1 amide bonds. The largest absolute Gasteiger partial charge is 0.491 e. The number of aryl methyl sites for hydroxylation is 1. The molecule has 5 nitrogen and oxygen atoms in total. The second kappa shape index (κ2) is 7.06. The van der Waals surface area contributed by atoms with E-state index in [2.05, 4.69) is 10.3 Å². The molecule has 0 aliphatic rings. The molecule has 0 radical (unpaired) electrons. The number of benzene rings is 1. The van der Waals surface area contributed by atoms with E-state index in [9.17, 15) is 9.18 Å². The standard InChI is InChI=1S/C16H19FN2O3/c1-4-13-15(18-9-22-13)16(20)19-10(3)11-6-7-14(21-5-2)12(17)8-11/h6-10H,4-5H2,1-3H3,(H,19,20). The number of hydrogen-bond donors (Lipinski definition) is 1. The van der Waals surface area contributed by atoms with E-state index in [1.807, 2.05) is 6.92 Å². The molecule has 0 bridgehead atoms. The van der Waals surface area contributed by atoms with Crippen LogP contribution in [0.3, 0.4) is 0 Å². The van der Waals surface area contributed by atoms with Gasteiger partial charge in [-0.3, -0.25) is 4.79 Å². The number of carbonyl (C=O) groups is 1. The minimum Gasteiger partial charge on any atom is -0.491 e. The summed E-state index contributed by atoms with van der Waals surface area (Å²) in [6, 6.07) is 4.28. The number of aromatic nitrogens is 1. The fourth-order valence-corrected chi connectivity index (χ4v) is 2.11. The Morgan fingerprint density at radius 2 is 2.23 bits per heavy atom. The van der Waals surface area contributed by atoms with Crippen molar-refractivity contribution in [2.75, 3.05) is 6.61 Å². The lowest BCUT2D eigenvalue weighted by Crippen LogP contribution is -2.27. The van der Waals surface area contributed by atoms with Crippen LogP contribution in [0.25, 0.3) is 0 Å². The van der Waals surface area contributed by atoms with E-state index in [4.69, 9.17) is 9.15 Å². The van der Waals surface area contributed by atoms with Crippen LogP contribution in [0.4, 0.5) is 4.39 Å². The molecule has 0 saturated carbocycles. The van der Waals surface area contributed by atoms with Crippen LogP contribution in [0.2, 0.25) is 0 Å². The number of carbonyl (C=O) groups excluding carboxylic acids is 1. The quantitative estimate of drug-likeness (QED) is 0.889. The van der Waals surface area contributed by atoms with Gasteiger partial charge in [-0.05, 0) is 31.5 Å². The van der Waals surface area contributed by atoms with Gasteiger partial charge in [0.15, 0.2) is 23.7 Å². The molecule has 2 aromatic rings. The van der Waals surface area contributed by atoms with Crippen LogP contribution in [-0.2, 0) is 6.42 Å². The van der Waals surface area contributed by atoms with Crippen LogP contribution in [0.1, 0.15) is 48.6 Å². The first-order valence-corrected chi connectivity index (χ1v) is 7.22. The predicted molar refractivity (Wildman–Crippen MR) is 79.3 cm³/mol. The zero-order valence-corrected chi connectivity index (χ0v) is 12.9. The third-order valence-electron chi connectivity index (χ3n) is 3.28. The number of hydrogen-bond acceptors (Lipinski definition) is 4. The zero-order valence-electron chi connectivity index (χ0n) is 12.9. The van der Waals surface area contributed by atoms with Gasteiger partial charge in [0, 0.05) is 6.42 Å². The summed E-state index contributed by atoms with van der Waals surface area (Å²) in [5, 5.41) is 2.78. The Hall–Kier alpha value is -2.37. The van der Waals surface area contributed by atoms with Crippen LogP contribution in [0.15, 0.2) is 29.0 Å². The maximum Gasteiger partial charge on any atom is 0.274 e. The first kappa shape index (κ1) is 16.0. The van der Waals surface area contributed by atoms with Crippen molar-refractivity contribution in [3.63, 3.8) is 0 Å². The average molecular weight is 306 g/mol. The molecule has 22 heavy (non-hydrogen) atoms. The Labute approximate surface area is 128 Å². The van der Waals surface area contributed by atoms with Gasteiger partial charge in [0.25, 0.3) is 5.91 Å². The summed E-state index contributed by atoms with van der Waals surface area (Å²) >= 11 is 0. The highest BCUT2D eigenvalue weighted by atomic mass is 19.1. The van der Waals surface area contributed by atoms with E-state index in [1.165, 1.54) is 12.5 Å². The SMILES string of the molecule is CCOc1ccc(C(C)NC(=O)c2ncoc2CC)cc1F. The van der Waals surface area contributed by atoms with Gasteiger partial charge in [-0.15, -0.1) is 0 Å². The molecule has 0 aliphatic heterocycles. The Bertz CT molecular complexity index is 655. The molecular formula is C16H19FN2O3. The number of rotatable bonds is 6. The van der Waals surface area contributed by atoms with Crippen molar-refractivity contribution >= 4 is 5.91 Å². The van der Waals surface area contributed by atoms with Gasteiger partial charge in [-0.2, -0.15) is 0 Å². The van der Waals surface area contributed by atoms with Crippen molar-refractivity contribution in [1.29, 1.82) is 0 Å². The zero-order chi connectivity index (χ0) is 16.1. The molecule has 1 N–H and O–H groups in total. The van der Waals surface area contributed by atoms with E-state index in [1.54, 1.807) is 26.0 Å². The van der Waals surface area contributed by atoms with E-state index in [0.29, 0.717) is 24.4 Å². The second-order valence-electron chi connectivity index (χ2n) is 4.80. The van der Waals surface area contributed by atoms with Gasteiger partial charge in [0.05, 0.1) is 12.6 Å². The van der Waals surface area contributed by atoms with Crippen molar-refractivity contribution in [2.24, 2.45) is 0 Å². The normalized spacial score (nSPS) is 12.0. The molecule has 2 rings (SSSR count). The minimum atomic E-state index is -0.448. The molecule has 0 aliphatic carbocycles. The van der Waals surface area contributed by atoms with E-state index in [-0.39, 0.29) is 23.4 Å². The van der Waals surface area contributed by atoms with Gasteiger partial charge in [0.1, 0.15) is 5.76 Å². The van der Waals surface area contributed by atoms with Crippen molar-refractivity contribution in [3.8, 4) is 5.75 Å². The van der Waals surface area contributed by atoms with Crippen LogP contribution in [0.5, 0.6) is 5.75 Å². The number of oxazole rings is 1. The fourth-order valence-electron chi connectivity index (χ4n) is 2.11. The van der Waals surface area contributed by atoms with Crippen LogP contribution in [-0.4, -0.2) is 17.5 Å². The number of halogens is 1.